The predicted molar refractivity (Wildman–Crippen MR) is 98.6 cm³/mol. The van der Waals surface area contributed by atoms with Crippen molar-refractivity contribution >= 4 is 24.0 Å². The van der Waals surface area contributed by atoms with Gasteiger partial charge in [-0.25, -0.2) is 9.59 Å². The van der Waals surface area contributed by atoms with Crippen molar-refractivity contribution in [1.29, 1.82) is 5.26 Å². The molecule has 0 fully saturated rings. The van der Waals surface area contributed by atoms with E-state index < -0.39 is 24.0 Å². The Bertz CT molecular complexity index is 748. The number of rotatable bonds is 7. The van der Waals surface area contributed by atoms with Crippen molar-refractivity contribution in [1.82, 2.24) is 10.6 Å². The van der Waals surface area contributed by atoms with E-state index in [1.165, 1.54) is 13.0 Å². The summed E-state index contributed by atoms with van der Waals surface area (Å²) < 4.78 is 10.3. The lowest BCUT2D eigenvalue weighted by Gasteiger charge is -2.14. The SMILES string of the molecule is CCOc1ccc(/C=C(\C#N)C(=O)O[C@@H](C)C(=O)NC(=O)NC(C)C)cc1. The van der Waals surface area contributed by atoms with Crippen LogP contribution in [0.1, 0.15) is 33.3 Å². The lowest BCUT2D eigenvalue weighted by molar-refractivity contribution is -0.150. The maximum atomic E-state index is 12.1. The Hall–Kier alpha value is -3.34. The fourth-order valence-corrected chi connectivity index (χ4v) is 1.92. The number of urea groups is 1. The molecule has 0 aliphatic carbocycles. The van der Waals surface area contributed by atoms with Crippen molar-refractivity contribution < 1.29 is 23.9 Å². The maximum absolute atomic E-state index is 12.1. The quantitative estimate of drug-likeness (QED) is 0.430. The van der Waals surface area contributed by atoms with Gasteiger partial charge in [0.1, 0.15) is 17.4 Å². The highest BCUT2D eigenvalue weighted by Gasteiger charge is 2.22. The van der Waals surface area contributed by atoms with Crippen LogP contribution in [-0.4, -0.2) is 36.7 Å². The number of hydrogen-bond donors (Lipinski definition) is 2. The monoisotopic (exact) mass is 373 g/mol. The first-order valence-electron chi connectivity index (χ1n) is 8.43. The number of nitriles is 1. The minimum atomic E-state index is -1.24. The number of carbonyl (C=O) groups is 3. The second-order valence-electron chi connectivity index (χ2n) is 5.84. The molecule has 0 aliphatic heterocycles. The molecular weight excluding hydrogens is 350 g/mol. The molecule has 1 aromatic rings. The van der Waals surface area contributed by atoms with Crippen LogP contribution in [0.25, 0.3) is 6.08 Å². The Morgan fingerprint density at radius 2 is 1.81 bits per heavy atom. The van der Waals surface area contributed by atoms with Crippen molar-refractivity contribution in [3.05, 3.63) is 35.4 Å². The molecule has 0 aromatic heterocycles. The fourth-order valence-electron chi connectivity index (χ4n) is 1.92. The topological polar surface area (TPSA) is 118 Å². The number of imide groups is 1. The molecule has 0 aliphatic rings. The van der Waals surface area contributed by atoms with E-state index in [1.807, 2.05) is 6.92 Å². The van der Waals surface area contributed by atoms with E-state index in [-0.39, 0.29) is 11.6 Å². The Balaban J connectivity index is 2.73. The molecule has 2 N–H and O–H groups in total. The summed E-state index contributed by atoms with van der Waals surface area (Å²) in [4.78, 5) is 35.5. The van der Waals surface area contributed by atoms with Crippen LogP contribution in [0.3, 0.4) is 0 Å². The minimum Gasteiger partial charge on any atom is -0.494 e. The summed E-state index contributed by atoms with van der Waals surface area (Å²) in [6.45, 7) is 7.17. The number of ether oxygens (including phenoxy) is 2. The van der Waals surface area contributed by atoms with E-state index in [2.05, 4.69) is 10.6 Å². The summed E-state index contributed by atoms with van der Waals surface area (Å²) in [5.41, 5.74) is 0.325. The van der Waals surface area contributed by atoms with Gasteiger partial charge in [0.2, 0.25) is 0 Å². The first kappa shape index (κ1) is 21.7. The molecule has 0 spiro atoms. The van der Waals surface area contributed by atoms with E-state index >= 15 is 0 Å². The van der Waals surface area contributed by atoms with Crippen molar-refractivity contribution in [3.63, 3.8) is 0 Å². The van der Waals surface area contributed by atoms with Gasteiger partial charge < -0.3 is 14.8 Å². The van der Waals surface area contributed by atoms with E-state index in [0.717, 1.165) is 0 Å². The zero-order chi connectivity index (χ0) is 20.4. The summed E-state index contributed by atoms with van der Waals surface area (Å²) in [6.07, 6.45) is 0.0984. The van der Waals surface area contributed by atoms with Crippen LogP contribution < -0.4 is 15.4 Å². The third-order valence-electron chi connectivity index (χ3n) is 3.15. The van der Waals surface area contributed by atoms with Crippen LogP contribution >= 0.6 is 0 Å². The second kappa shape index (κ2) is 10.6. The standard InChI is InChI=1S/C19H23N3O5/c1-5-26-16-8-6-14(7-9-16)10-15(11-20)18(24)27-13(4)17(23)22-19(25)21-12(2)3/h6-10,12-13H,5H2,1-4H3,(H2,21,22,23,25)/b15-10+/t13-/m0/s1. The molecular formula is C19H23N3O5. The van der Waals surface area contributed by atoms with Gasteiger partial charge in [0, 0.05) is 6.04 Å². The average molecular weight is 373 g/mol. The molecule has 27 heavy (non-hydrogen) atoms. The summed E-state index contributed by atoms with van der Waals surface area (Å²) in [5.74, 6) is -1.08. The molecule has 0 bridgehead atoms. The number of esters is 1. The molecule has 1 rings (SSSR count). The molecule has 144 valence electrons. The maximum Gasteiger partial charge on any atom is 0.349 e. The summed E-state index contributed by atoms with van der Waals surface area (Å²) in [7, 11) is 0. The molecule has 1 aromatic carbocycles. The highest BCUT2D eigenvalue weighted by molar-refractivity contribution is 6.01. The van der Waals surface area contributed by atoms with Gasteiger partial charge in [0.05, 0.1) is 6.61 Å². The van der Waals surface area contributed by atoms with E-state index in [0.29, 0.717) is 17.9 Å². The fraction of sp³-hybridized carbons (Fsp3) is 0.368. The number of nitrogens with one attached hydrogen (secondary N) is 2. The van der Waals surface area contributed by atoms with Gasteiger partial charge in [-0.3, -0.25) is 10.1 Å². The first-order chi connectivity index (χ1) is 12.8. The Morgan fingerprint density at radius 1 is 1.19 bits per heavy atom. The molecule has 3 amide bonds. The van der Waals surface area contributed by atoms with Crippen LogP contribution in [0.5, 0.6) is 5.75 Å². The second-order valence-corrected chi connectivity index (χ2v) is 5.84. The van der Waals surface area contributed by atoms with Gasteiger partial charge in [-0.1, -0.05) is 12.1 Å². The Kier molecular flexibility index (Phi) is 8.53. The predicted octanol–water partition coefficient (Wildman–Crippen LogP) is 2.16. The molecule has 0 unspecified atom stereocenters. The largest absolute Gasteiger partial charge is 0.494 e. The Labute approximate surface area is 158 Å². The molecule has 0 radical (unpaired) electrons. The number of carbonyl (C=O) groups excluding carboxylic acids is 3. The van der Waals surface area contributed by atoms with Crippen LogP contribution in [0, 0.1) is 11.3 Å². The zero-order valence-corrected chi connectivity index (χ0v) is 15.7. The van der Waals surface area contributed by atoms with Gasteiger partial charge in [0.25, 0.3) is 5.91 Å². The van der Waals surface area contributed by atoms with E-state index in [9.17, 15) is 19.6 Å². The number of benzene rings is 1. The summed E-state index contributed by atoms with van der Waals surface area (Å²) >= 11 is 0. The molecule has 0 saturated carbocycles. The number of nitrogens with zero attached hydrogens (tertiary/aromatic N) is 1. The van der Waals surface area contributed by atoms with Gasteiger partial charge in [0.15, 0.2) is 6.10 Å². The highest BCUT2D eigenvalue weighted by atomic mass is 16.5. The van der Waals surface area contributed by atoms with Gasteiger partial charge in [-0.2, -0.15) is 5.26 Å². The lowest BCUT2D eigenvalue weighted by Crippen LogP contribution is -2.46. The smallest absolute Gasteiger partial charge is 0.349 e. The van der Waals surface area contributed by atoms with Gasteiger partial charge in [-0.05, 0) is 51.5 Å². The third kappa shape index (κ3) is 7.61. The van der Waals surface area contributed by atoms with E-state index in [4.69, 9.17) is 9.47 Å². The van der Waals surface area contributed by atoms with Crippen molar-refractivity contribution in [2.45, 2.75) is 39.8 Å². The molecule has 1 atom stereocenters. The molecule has 8 heteroatoms. The first-order valence-corrected chi connectivity index (χ1v) is 8.43. The van der Waals surface area contributed by atoms with Crippen molar-refractivity contribution in [2.75, 3.05) is 6.61 Å². The number of amides is 3. The Morgan fingerprint density at radius 3 is 2.33 bits per heavy atom. The molecule has 0 heterocycles. The summed E-state index contributed by atoms with van der Waals surface area (Å²) in [5, 5.41) is 13.7. The van der Waals surface area contributed by atoms with Crippen LogP contribution in [0.4, 0.5) is 4.79 Å². The summed E-state index contributed by atoms with van der Waals surface area (Å²) in [6, 6.07) is 7.68. The van der Waals surface area contributed by atoms with Gasteiger partial charge in [-0.15, -0.1) is 0 Å². The average Bonchev–Trinajstić information content (AvgIpc) is 2.60. The van der Waals surface area contributed by atoms with Crippen LogP contribution in [0.2, 0.25) is 0 Å². The molecule has 8 nitrogen and oxygen atoms in total. The zero-order valence-electron chi connectivity index (χ0n) is 15.7. The van der Waals surface area contributed by atoms with Crippen molar-refractivity contribution in [3.8, 4) is 11.8 Å². The molecule has 0 saturated heterocycles. The third-order valence-corrected chi connectivity index (χ3v) is 3.15. The van der Waals surface area contributed by atoms with Crippen molar-refractivity contribution in [2.24, 2.45) is 0 Å². The number of hydrogen-bond acceptors (Lipinski definition) is 6. The van der Waals surface area contributed by atoms with E-state index in [1.54, 1.807) is 44.2 Å². The highest BCUT2D eigenvalue weighted by Crippen LogP contribution is 2.15. The van der Waals surface area contributed by atoms with Crippen LogP contribution in [-0.2, 0) is 14.3 Å². The minimum absolute atomic E-state index is 0.155. The van der Waals surface area contributed by atoms with Gasteiger partial charge >= 0.3 is 12.0 Å². The lowest BCUT2D eigenvalue weighted by atomic mass is 10.1. The van der Waals surface area contributed by atoms with Crippen LogP contribution in [0.15, 0.2) is 29.8 Å². The normalized spacial score (nSPS) is 11.9.